The van der Waals surface area contributed by atoms with Gasteiger partial charge in [0, 0.05) is 38.1 Å². The van der Waals surface area contributed by atoms with Crippen LogP contribution in [0.2, 0.25) is 0 Å². The number of anilines is 1. The van der Waals surface area contributed by atoms with Crippen molar-refractivity contribution < 1.29 is 0 Å². The van der Waals surface area contributed by atoms with Crippen LogP contribution in [0.4, 0.5) is 5.95 Å². The van der Waals surface area contributed by atoms with E-state index in [2.05, 4.69) is 32.6 Å². The third-order valence-electron chi connectivity index (χ3n) is 4.47. The molecule has 2 saturated heterocycles. The number of aromatic nitrogens is 2. The lowest BCUT2D eigenvalue weighted by molar-refractivity contribution is 0.272. The molecular weight excluding hydrogens is 238 g/mol. The molecule has 3 unspecified atom stereocenters. The van der Waals surface area contributed by atoms with Crippen LogP contribution in [0.1, 0.15) is 26.2 Å². The van der Waals surface area contributed by atoms with E-state index >= 15 is 0 Å². The molecule has 104 valence electrons. The summed E-state index contributed by atoms with van der Waals surface area (Å²) in [5, 5.41) is 0. The van der Waals surface area contributed by atoms with Gasteiger partial charge in [0.15, 0.2) is 0 Å². The van der Waals surface area contributed by atoms with Crippen molar-refractivity contribution in [3.05, 3.63) is 18.5 Å². The molecule has 2 fully saturated rings. The Kier molecular flexibility index (Phi) is 3.94. The fourth-order valence-electron chi connectivity index (χ4n) is 3.39. The molecule has 1 aromatic heterocycles. The molecule has 0 bridgehead atoms. The fraction of sp³-hybridized carbons (Fsp3) is 0.714. The lowest BCUT2D eigenvalue weighted by atomic mass is 9.83. The third kappa shape index (κ3) is 2.72. The van der Waals surface area contributed by atoms with E-state index in [0.717, 1.165) is 31.5 Å². The minimum absolute atomic E-state index is 0.594. The molecule has 3 rings (SSSR count). The predicted octanol–water partition coefficient (Wildman–Crippen LogP) is 1.20. The van der Waals surface area contributed by atoms with Crippen LogP contribution in [-0.4, -0.2) is 35.6 Å². The molecule has 0 radical (unpaired) electrons. The summed E-state index contributed by atoms with van der Waals surface area (Å²) < 4.78 is 0. The Balaban J connectivity index is 1.68. The van der Waals surface area contributed by atoms with E-state index in [9.17, 15) is 0 Å². The van der Waals surface area contributed by atoms with Crippen LogP contribution in [0.15, 0.2) is 18.5 Å². The molecule has 19 heavy (non-hydrogen) atoms. The Morgan fingerprint density at radius 1 is 1.37 bits per heavy atom. The second kappa shape index (κ2) is 5.84. The van der Waals surface area contributed by atoms with Crippen LogP contribution in [0.5, 0.6) is 0 Å². The van der Waals surface area contributed by atoms with Gasteiger partial charge in [-0.2, -0.15) is 0 Å². The number of nitrogens with one attached hydrogen (secondary N) is 2. The van der Waals surface area contributed by atoms with Crippen molar-refractivity contribution in [3.8, 4) is 0 Å². The van der Waals surface area contributed by atoms with Gasteiger partial charge < -0.3 is 4.90 Å². The first-order chi connectivity index (χ1) is 9.38. The molecule has 2 aliphatic heterocycles. The first-order valence-electron chi connectivity index (χ1n) is 7.39. The van der Waals surface area contributed by atoms with Crippen LogP contribution in [-0.2, 0) is 0 Å². The highest BCUT2D eigenvalue weighted by Crippen LogP contribution is 2.28. The maximum atomic E-state index is 4.38. The second-order valence-electron chi connectivity index (χ2n) is 5.62. The number of rotatable bonds is 3. The summed E-state index contributed by atoms with van der Waals surface area (Å²) in [6.45, 7) is 5.53. The van der Waals surface area contributed by atoms with Crippen LogP contribution in [0.25, 0.3) is 0 Å². The Morgan fingerprint density at radius 2 is 2.21 bits per heavy atom. The van der Waals surface area contributed by atoms with Crippen molar-refractivity contribution in [2.24, 2.45) is 11.8 Å². The Labute approximate surface area is 114 Å². The van der Waals surface area contributed by atoms with Gasteiger partial charge in [-0.25, -0.2) is 9.97 Å². The molecular formula is C14H23N5. The molecule has 3 atom stereocenters. The number of hydrogen-bond donors (Lipinski definition) is 2. The number of nitrogens with zero attached hydrogens (tertiary/aromatic N) is 3. The lowest BCUT2D eigenvalue weighted by Gasteiger charge is -2.37. The Hall–Kier alpha value is -1.20. The summed E-state index contributed by atoms with van der Waals surface area (Å²) in [6.07, 6.45) is 7.44. The van der Waals surface area contributed by atoms with Crippen molar-refractivity contribution >= 4 is 5.95 Å². The van der Waals surface area contributed by atoms with Crippen molar-refractivity contribution in [1.29, 1.82) is 0 Å². The average Bonchev–Trinajstić information content (AvgIpc) is 2.97. The first-order valence-corrected chi connectivity index (χ1v) is 7.39. The van der Waals surface area contributed by atoms with Crippen molar-refractivity contribution in [3.63, 3.8) is 0 Å². The van der Waals surface area contributed by atoms with Crippen LogP contribution in [0, 0.1) is 11.8 Å². The zero-order valence-electron chi connectivity index (χ0n) is 11.5. The quantitative estimate of drug-likeness (QED) is 0.856. The summed E-state index contributed by atoms with van der Waals surface area (Å²) in [4.78, 5) is 11.1. The van der Waals surface area contributed by atoms with Gasteiger partial charge in [-0.15, -0.1) is 0 Å². The smallest absolute Gasteiger partial charge is 0.225 e. The second-order valence-corrected chi connectivity index (χ2v) is 5.62. The zero-order chi connectivity index (χ0) is 13.1. The SMILES string of the molecule is CCC1CNNC1C1CCCN(c2ncccn2)C1. The Bertz CT molecular complexity index is 396. The van der Waals surface area contributed by atoms with Gasteiger partial charge in [0.25, 0.3) is 0 Å². The largest absolute Gasteiger partial charge is 0.340 e. The molecule has 0 aromatic carbocycles. The van der Waals surface area contributed by atoms with Crippen LogP contribution < -0.4 is 15.8 Å². The maximum absolute atomic E-state index is 4.38. The van der Waals surface area contributed by atoms with Gasteiger partial charge in [-0.1, -0.05) is 13.3 Å². The third-order valence-corrected chi connectivity index (χ3v) is 4.47. The predicted molar refractivity (Wildman–Crippen MR) is 75.7 cm³/mol. The summed E-state index contributed by atoms with van der Waals surface area (Å²) in [5.41, 5.74) is 6.81. The van der Waals surface area contributed by atoms with Gasteiger partial charge in [-0.05, 0) is 30.7 Å². The first kappa shape index (κ1) is 12.8. The highest BCUT2D eigenvalue weighted by molar-refractivity contribution is 5.29. The fourth-order valence-corrected chi connectivity index (χ4v) is 3.39. The number of hydrazine groups is 1. The minimum atomic E-state index is 0.594. The van der Waals surface area contributed by atoms with Gasteiger partial charge in [0.1, 0.15) is 0 Å². The van der Waals surface area contributed by atoms with E-state index in [1.54, 1.807) is 0 Å². The standard InChI is InChI=1S/C14H23N5/c1-2-11-9-17-18-13(11)12-5-3-8-19(10-12)14-15-6-4-7-16-14/h4,6-7,11-13,17-18H,2-3,5,8-10H2,1H3. The average molecular weight is 261 g/mol. The van der Waals surface area contributed by atoms with E-state index in [0.29, 0.717) is 12.0 Å². The maximum Gasteiger partial charge on any atom is 0.225 e. The minimum Gasteiger partial charge on any atom is -0.340 e. The van der Waals surface area contributed by atoms with Crippen molar-refractivity contribution in [2.75, 3.05) is 24.5 Å². The lowest BCUT2D eigenvalue weighted by Crippen LogP contribution is -2.47. The Morgan fingerprint density at radius 3 is 3.00 bits per heavy atom. The zero-order valence-corrected chi connectivity index (χ0v) is 11.5. The monoisotopic (exact) mass is 261 g/mol. The van der Waals surface area contributed by atoms with E-state index in [1.807, 2.05) is 18.5 Å². The van der Waals surface area contributed by atoms with E-state index < -0.39 is 0 Å². The highest BCUT2D eigenvalue weighted by atomic mass is 15.4. The normalized spacial score (nSPS) is 31.6. The number of piperidine rings is 1. The molecule has 5 nitrogen and oxygen atoms in total. The summed E-state index contributed by atoms with van der Waals surface area (Å²) in [5.74, 6) is 2.32. The molecule has 0 saturated carbocycles. The van der Waals surface area contributed by atoms with Gasteiger partial charge in [-0.3, -0.25) is 10.9 Å². The molecule has 2 N–H and O–H groups in total. The van der Waals surface area contributed by atoms with Crippen molar-refractivity contribution in [1.82, 2.24) is 20.8 Å². The molecule has 0 aliphatic carbocycles. The van der Waals surface area contributed by atoms with Gasteiger partial charge in [0.2, 0.25) is 5.95 Å². The number of hydrogen-bond acceptors (Lipinski definition) is 5. The van der Waals surface area contributed by atoms with Crippen LogP contribution >= 0.6 is 0 Å². The molecule has 2 aliphatic rings. The summed E-state index contributed by atoms with van der Waals surface area (Å²) in [6, 6.07) is 2.47. The molecule has 3 heterocycles. The summed E-state index contributed by atoms with van der Waals surface area (Å²) in [7, 11) is 0. The van der Waals surface area contributed by atoms with Gasteiger partial charge >= 0.3 is 0 Å². The highest BCUT2D eigenvalue weighted by Gasteiger charge is 2.35. The van der Waals surface area contributed by atoms with E-state index in [1.165, 1.54) is 19.3 Å². The van der Waals surface area contributed by atoms with Crippen molar-refractivity contribution in [2.45, 2.75) is 32.2 Å². The summed E-state index contributed by atoms with van der Waals surface area (Å²) >= 11 is 0. The molecule has 1 aromatic rings. The van der Waals surface area contributed by atoms with Gasteiger partial charge in [0.05, 0.1) is 0 Å². The van der Waals surface area contributed by atoms with E-state index in [-0.39, 0.29) is 0 Å². The van der Waals surface area contributed by atoms with E-state index in [4.69, 9.17) is 0 Å². The topological polar surface area (TPSA) is 53.1 Å². The van der Waals surface area contributed by atoms with Crippen LogP contribution in [0.3, 0.4) is 0 Å². The molecule has 0 spiro atoms. The molecule has 5 heteroatoms. The molecule has 0 amide bonds.